The van der Waals surface area contributed by atoms with E-state index in [1.54, 1.807) is 72.8 Å². The summed E-state index contributed by atoms with van der Waals surface area (Å²) in [4.78, 5) is 0.367. The third kappa shape index (κ3) is 6.91. The monoisotopic (exact) mass is 725 g/mol. The average molecular weight is 726 g/mol. The lowest BCUT2D eigenvalue weighted by Gasteiger charge is -2.42. The van der Waals surface area contributed by atoms with Crippen LogP contribution in [-0.4, -0.2) is 51.6 Å². The molecule has 2 fully saturated rings. The number of benzene rings is 5. The smallest absolute Gasteiger partial charge is 0.207 e. The molecule has 5 aromatic carbocycles. The second kappa shape index (κ2) is 14.1. The van der Waals surface area contributed by atoms with Gasteiger partial charge < -0.3 is 0 Å². The molecule has 0 aromatic heterocycles. The summed E-state index contributed by atoms with van der Waals surface area (Å²) in [6.07, 6.45) is 2.50. The van der Waals surface area contributed by atoms with Crippen LogP contribution in [0.2, 0.25) is 0 Å². The van der Waals surface area contributed by atoms with Crippen LogP contribution in [-0.2, 0) is 20.0 Å². The maximum absolute atomic E-state index is 14.5. The van der Waals surface area contributed by atoms with Gasteiger partial charge in [0.2, 0.25) is 20.0 Å². The Bertz CT molecular complexity index is 2420. The van der Waals surface area contributed by atoms with Gasteiger partial charge in [-0.05, 0) is 84.5 Å². The van der Waals surface area contributed by atoms with Crippen molar-refractivity contribution in [1.29, 1.82) is 5.26 Å². The maximum Gasteiger partial charge on any atom is 0.243 e. The molecule has 52 heavy (non-hydrogen) atoms. The van der Waals surface area contributed by atoms with Crippen LogP contribution in [0.25, 0.3) is 11.6 Å². The molecule has 2 aliphatic rings. The molecule has 0 saturated carbocycles. The number of nitriles is 1. The van der Waals surface area contributed by atoms with Gasteiger partial charge in [0.25, 0.3) is 0 Å². The van der Waals surface area contributed by atoms with Crippen molar-refractivity contribution in [3.8, 4) is 6.07 Å². The van der Waals surface area contributed by atoms with Crippen molar-refractivity contribution in [1.82, 2.24) is 8.61 Å². The van der Waals surface area contributed by atoms with Gasteiger partial charge in [-0.25, -0.2) is 16.8 Å². The van der Waals surface area contributed by atoms with E-state index in [1.807, 2.05) is 80.6 Å². The summed E-state index contributed by atoms with van der Waals surface area (Å²) in [5.41, 5.74) is 6.96. The van der Waals surface area contributed by atoms with E-state index in [4.69, 9.17) is 0 Å². The van der Waals surface area contributed by atoms with Gasteiger partial charge in [0.1, 0.15) is 0 Å². The van der Waals surface area contributed by atoms with E-state index in [2.05, 4.69) is 6.07 Å². The number of rotatable bonds is 7. The highest BCUT2D eigenvalue weighted by molar-refractivity contribution is 7.89. The molecule has 2 aliphatic heterocycles. The first-order valence-electron chi connectivity index (χ1n) is 17.2. The predicted molar refractivity (Wildman–Crippen MR) is 205 cm³/mol. The summed E-state index contributed by atoms with van der Waals surface area (Å²) in [7, 11) is -7.97. The Labute approximate surface area is 306 Å². The van der Waals surface area contributed by atoms with Crippen LogP contribution in [0.15, 0.2) is 154 Å². The van der Waals surface area contributed by atoms with Crippen LogP contribution >= 0.6 is 0 Å². The van der Waals surface area contributed by atoms with Crippen molar-refractivity contribution in [3.63, 3.8) is 0 Å². The highest BCUT2D eigenvalue weighted by atomic mass is 32.2. The van der Waals surface area contributed by atoms with Gasteiger partial charge in [-0.1, -0.05) is 120 Å². The molecule has 0 N–H and O–H groups in total. The van der Waals surface area contributed by atoms with Crippen molar-refractivity contribution in [2.45, 2.75) is 30.1 Å². The van der Waals surface area contributed by atoms with Crippen molar-refractivity contribution < 1.29 is 16.8 Å². The molecule has 9 heteroatoms. The van der Waals surface area contributed by atoms with Crippen molar-refractivity contribution >= 4 is 31.7 Å². The topological polar surface area (TPSA) is 98.6 Å². The molecule has 2 saturated heterocycles. The molecule has 262 valence electrons. The Hall–Kier alpha value is -5.11. The van der Waals surface area contributed by atoms with E-state index in [0.717, 1.165) is 44.5 Å². The lowest BCUT2D eigenvalue weighted by Crippen LogP contribution is -2.49. The Morgan fingerprint density at radius 2 is 1.10 bits per heavy atom. The minimum Gasteiger partial charge on any atom is -0.207 e. The minimum atomic E-state index is -3.99. The summed E-state index contributed by atoms with van der Waals surface area (Å²) in [5, 5.41) is 9.62. The molecule has 7 nitrogen and oxygen atoms in total. The molecule has 0 unspecified atom stereocenters. The van der Waals surface area contributed by atoms with E-state index in [0.29, 0.717) is 12.0 Å². The van der Waals surface area contributed by atoms with E-state index in [-0.39, 0.29) is 36.0 Å². The second-order valence-corrected chi connectivity index (χ2v) is 17.6. The van der Waals surface area contributed by atoms with Crippen LogP contribution in [0.1, 0.15) is 39.8 Å². The third-order valence-corrected chi connectivity index (χ3v) is 13.6. The predicted octanol–water partition coefficient (Wildman–Crippen LogP) is 7.85. The third-order valence-electron chi connectivity index (χ3n) is 10.0. The molecule has 5 aromatic rings. The van der Waals surface area contributed by atoms with Gasteiger partial charge in [0, 0.05) is 31.6 Å². The van der Waals surface area contributed by atoms with Crippen LogP contribution in [0.5, 0.6) is 0 Å². The first kappa shape index (κ1) is 35.3. The van der Waals surface area contributed by atoms with Gasteiger partial charge in [-0.3, -0.25) is 0 Å². The molecule has 0 radical (unpaired) electrons. The number of hydrogen-bond donors (Lipinski definition) is 0. The normalized spacial score (nSPS) is 20.2. The molecular formula is C43H39N3O4S2. The van der Waals surface area contributed by atoms with Crippen LogP contribution in [0.3, 0.4) is 0 Å². The van der Waals surface area contributed by atoms with Crippen LogP contribution in [0.4, 0.5) is 0 Å². The molecule has 2 heterocycles. The second-order valence-electron chi connectivity index (χ2n) is 13.8. The highest BCUT2D eigenvalue weighted by Crippen LogP contribution is 2.51. The molecule has 1 spiro atoms. The van der Waals surface area contributed by atoms with E-state index >= 15 is 0 Å². The SMILES string of the molecule is Cc1ccc(/C=C2\CN(S(=O)(=O)c3ccccc3)C[C@]3(C2)CN(S(=O)(=O)c2ccccc2)C/C3=C(\c2ccc(C)cc2)c2ccc(C#N)cc2)cc1. The van der Waals surface area contributed by atoms with Crippen LogP contribution < -0.4 is 0 Å². The largest absolute Gasteiger partial charge is 0.243 e. The van der Waals surface area contributed by atoms with Crippen molar-refractivity contribution in [2.24, 2.45) is 5.41 Å². The first-order valence-corrected chi connectivity index (χ1v) is 20.0. The molecular weight excluding hydrogens is 687 g/mol. The Morgan fingerprint density at radius 3 is 1.60 bits per heavy atom. The quantitative estimate of drug-likeness (QED) is 0.170. The number of piperidine rings is 1. The van der Waals surface area contributed by atoms with Gasteiger partial charge >= 0.3 is 0 Å². The average Bonchev–Trinajstić information content (AvgIpc) is 3.52. The zero-order valence-electron chi connectivity index (χ0n) is 29.1. The molecule has 0 aliphatic carbocycles. The van der Waals surface area contributed by atoms with Crippen LogP contribution in [0, 0.1) is 30.6 Å². The Morgan fingerprint density at radius 1 is 0.635 bits per heavy atom. The van der Waals surface area contributed by atoms with Gasteiger partial charge in [-0.15, -0.1) is 0 Å². The fourth-order valence-electron chi connectivity index (χ4n) is 7.42. The number of aryl methyl sites for hydroxylation is 2. The molecule has 0 bridgehead atoms. The van der Waals surface area contributed by atoms with E-state index in [9.17, 15) is 22.1 Å². The molecule has 1 atom stereocenters. The van der Waals surface area contributed by atoms with Gasteiger partial charge in [0.15, 0.2) is 0 Å². The van der Waals surface area contributed by atoms with Crippen molar-refractivity contribution in [3.05, 3.63) is 178 Å². The summed E-state index contributed by atoms with van der Waals surface area (Å²) >= 11 is 0. The van der Waals surface area contributed by atoms with E-state index in [1.165, 1.54) is 8.61 Å². The van der Waals surface area contributed by atoms with Crippen molar-refractivity contribution in [2.75, 3.05) is 26.2 Å². The highest BCUT2D eigenvalue weighted by Gasteiger charge is 2.52. The lowest BCUT2D eigenvalue weighted by molar-refractivity contribution is 0.230. The van der Waals surface area contributed by atoms with Gasteiger partial charge in [-0.2, -0.15) is 13.9 Å². The summed E-state index contributed by atoms with van der Waals surface area (Å²) in [5.74, 6) is 0. The van der Waals surface area contributed by atoms with E-state index < -0.39 is 25.5 Å². The summed E-state index contributed by atoms with van der Waals surface area (Å²) in [6.45, 7) is 4.43. The number of nitrogens with zero attached hydrogens (tertiary/aromatic N) is 3. The Kier molecular flexibility index (Phi) is 9.59. The van der Waals surface area contributed by atoms with Gasteiger partial charge in [0.05, 0.1) is 21.4 Å². The first-order chi connectivity index (χ1) is 25.0. The maximum atomic E-state index is 14.5. The fourth-order valence-corrected chi connectivity index (χ4v) is 10.5. The zero-order chi connectivity index (χ0) is 36.5. The number of sulfonamides is 2. The zero-order valence-corrected chi connectivity index (χ0v) is 30.7. The number of hydrogen-bond acceptors (Lipinski definition) is 5. The minimum absolute atomic E-state index is 0.0669. The standard InChI is InChI=1S/C43H39N3O4S2/c1-32-13-17-34(18-14-32)25-36-26-43(30-45(28-36)51(47,48)39-9-5-3-6-10-39)31-46(52(49,50)40-11-7-4-8-12-40)29-41(43)42(37-21-15-33(2)16-22-37)38-23-19-35(27-44)20-24-38/h3-25H,26,28-31H2,1-2H3/b36-25-,42-41-/t43-/m1/s1. The molecule has 7 rings (SSSR count). The summed E-state index contributed by atoms with van der Waals surface area (Å²) < 4.78 is 61.0. The molecule has 0 amide bonds. The Balaban J connectivity index is 1.50. The summed E-state index contributed by atoms with van der Waals surface area (Å²) in [6, 6.07) is 42.5. The fraction of sp³-hybridized carbons (Fsp3) is 0.186. The lowest BCUT2D eigenvalue weighted by atomic mass is 9.71.